The number of amides is 3. The second-order valence-electron chi connectivity index (χ2n) is 9.80. The first-order chi connectivity index (χ1) is 20.7. The lowest BCUT2D eigenvalue weighted by Crippen LogP contribution is -2.32. The van der Waals surface area contributed by atoms with Gasteiger partial charge in [0.25, 0.3) is 0 Å². The molecule has 4 N–H and O–H groups in total. The van der Waals surface area contributed by atoms with Crippen LogP contribution < -0.4 is 26.0 Å². The topological polar surface area (TPSA) is 114 Å². The van der Waals surface area contributed by atoms with Gasteiger partial charge in [0, 0.05) is 38.5 Å². The molecule has 0 aliphatic heterocycles. The summed E-state index contributed by atoms with van der Waals surface area (Å²) in [4.78, 5) is 39.2. The molecule has 4 aromatic carbocycles. The number of rotatable bonds is 12. The molecule has 0 saturated heterocycles. The number of carbonyl (C=O) groups excluding carboxylic acids is 3. The van der Waals surface area contributed by atoms with E-state index in [4.69, 9.17) is 10.5 Å². The quantitative estimate of drug-likeness (QED) is 0.194. The molecule has 8 nitrogen and oxygen atoms in total. The molecular formula is C33H32F2N4O4. The number of carbonyl (C=O) groups is 3. The molecule has 43 heavy (non-hydrogen) atoms. The number of ether oxygens (including phenoxy) is 1. The Bertz CT molecular complexity index is 1590. The van der Waals surface area contributed by atoms with E-state index in [9.17, 15) is 23.2 Å². The lowest BCUT2D eigenvalue weighted by atomic mass is 10.1. The Labute approximate surface area is 248 Å². The molecule has 0 heterocycles. The van der Waals surface area contributed by atoms with E-state index in [0.29, 0.717) is 35.0 Å². The number of halogens is 2. The van der Waals surface area contributed by atoms with Crippen molar-refractivity contribution in [1.29, 1.82) is 0 Å². The van der Waals surface area contributed by atoms with Crippen molar-refractivity contribution in [1.82, 2.24) is 5.32 Å². The number of hydrogen-bond donors (Lipinski definition) is 3. The molecular weight excluding hydrogens is 554 g/mol. The Morgan fingerprint density at radius 2 is 1.56 bits per heavy atom. The SMILES string of the molecule is CC(=O)Nc1ccc(CN(C(=O)CCC(=O)NCc2ccc(F)c(F)c2)c2ccccc2Oc2cccc(CN)c2)cc1. The summed E-state index contributed by atoms with van der Waals surface area (Å²) in [5.41, 5.74) is 8.97. The first-order valence-electron chi connectivity index (χ1n) is 13.6. The van der Waals surface area contributed by atoms with Gasteiger partial charge >= 0.3 is 0 Å². The zero-order chi connectivity index (χ0) is 30.8. The average molecular weight is 587 g/mol. The number of nitrogens with two attached hydrogens (primary N) is 1. The average Bonchev–Trinajstić information content (AvgIpc) is 3.00. The molecule has 3 amide bonds. The summed E-state index contributed by atoms with van der Waals surface area (Å²) in [6, 6.07) is 24.9. The van der Waals surface area contributed by atoms with E-state index in [-0.39, 0.29) is 37.7 Å². The molecule has 0 spiro atoms. The number of nitrogens with zero attached hydrogens (tertiary/aromatic N) is 1. The van der Waals surface area contributed by atoms with Crippen LogP contribution in [0.1, 0.15) is 36.5 Å². The van der Waals surface area contributed by atoms with Crippen molar-refractivity contribution in [3.05, 3.63) is 119 Å². The summed E-state index contributed by atoms with van der Waals surface area (Å²) < 4.78 is 32.9. The van der Waals surface area contributed by atoms with Crippen LogP contribution in [-0.4, -0.2) is 17.7 Å². The summed E-state index contributed by atoms with van der Waals surface area (Å²) in [5.74, 6) is -1.93. The number of benzene rings is 4. The van der Waals surface area contributed by atoms with E-state index in [1.807, 2.05) is 18.2 Å². The Morgan fingerprint density at radius 1 is 0.814 bits per heavy atom. The van der Waals surface area contributed by atoms with Crippen LogP contribution >= 0.6 is 0 Å². The minimum absolute atomic E-state index is 0.00682. The predicted molar refractivity (Wildman–Crippen MR) is 160 cm³/mol. The highest BCUT2D eigenvalue weighted by atomic mass is 19.2. The van der Waals surface area contributed by atoms with Gasteiger partial charge < -0.3 is 26.0 Å². The van der Waals surface area contributed by atoms with E-state index in [0.717, 1.165) is 23.3 Å². The minimum atomic E-state index is -1.00. The molecule has 0 atom stereocenters. The number of anilines is 2. The highest BCUT2D eigenvalue weighted by molar-refractivity contribution is 5.96. The summed E-state index contributed by atoms with van der Waals surface area (Å²) in [6.07, 6.45) is -0.243. The van der Waals surface area contributed by atoms with Crippen LogP contribution in [0.4, 0.5) is 20.2 Å². The van der Waals surface area contributed by atoms with Crippen molar-refractivity contribution in [2.75, 3.05) is 10.2 Å². The zero-order valence-corrected chi connectivity index (χ0v) is 23.6. The fraction of sp³-hybridized carbons (Fsp3) is 0.182. The Kier molecular flexibility index (Phi) is 10.5. The van der Waals surface area contributed by atoms with Gasteiger partial charge in [-0.2, -0.15) is 0 Å². The van der Waals surface area contributed by atoms with Gasteiger partial charge in [0.2, 0.25) is 17.7 Å². The van der Waals surface area contributed by atoms with Crippen LogP contribution in [0.3, 0.4) is 0 Å². The summed E-state index contributed by atoms with van der Waals surface area (Å²) in [5, 5.41) is 5.35. The minimum Gasteiger partial charge on any atom is -0.455 e. The maximum Gasteiger partial charge on any atom is 0.227 e. The van der Waals surface area contributed by atoms with E-state index in [1.54, 1.807) is 54.6 Å². The molecule has 222 valence electrons. The van der Waals surface area contributed by atoms with Gasteiger partial charge in [0.15, 0.2) is 17.4 Å². The van der Waals surface area contributed by atoms with Crippen molar-refractivity contribution in [3.8, 4) is 11.5 Å². The van der Waals surface area contributed by atoms with Crippen LogP contribution in [0.15, 0.2) is 91.0 Å². The van der Waals surface area contributed by atoms with Gasteiger partial charge in [-0.25, -0.2) is 8.78 Å². The normalized spacial score (nSPS) is 10.6. The molecule has 0 aromatic heterocycles. The van der Waals surface area contributed by atoms with E-state index in [2.05, 4.69) is 10.6 Å². The fourth-order valence-electron chi connectivity index (χ4n) is 4.31. The van der Waals surface area contributed by atoms with E-state index >= 15 is 0 Å². The Balaban J connectivity index is 1.52. The maximum absolute atomic E-state index is 13.7. The molecule has 0 radical (unpaired) electrons. The Hall–Kier alpha value is -5.09. The maximum atomic E-state index is 13.7. The van der Waals surface area contributed by atoms with Crippen LogP contribution in [0.25, 0.3) is 0 Å². The highest BCUT2D eigenvalue weighted by Gasteiger charge is 2.21. The van der Waals surface area contributed by atoms with Gasteiger partial charge in [-0.3, -0.25) is 14.4 Å². The highest BCUT2D eigenvalue weighted by Crippen LogP contribution is 2.34. The van der Waals surface area contributed by atoms with Gasteiger partial charge in [-0.1, -0.05) is 42.5 Å². The van der Waals surface area contributed by atoms with Gasteiger partial charge in [0.05, 0.1) is 12.2 Å². The summed E-state index contributed by atoms with van der Waals surface area (Å²) in [6.45, 7) is 1.92. The number of hydrogen-bond acceptors (Lipinski definition) is 5. The van der Waals surface area contributed by atoms with Crippen molar-refractivity contribution in [3.63, 3.8) is 0 Å². The molecule has 0 saturated carbocycles. The second-order valence-corrected chi connectivity index (χ2v) is 9.80. The lowest BCUT2D eigenvalue weighted by molar-refractivity contribution is -0.125. The van der Waals surface area contributed by atoms with Crippen molar-refractivity contribution >= 4 is 29.1 Å². The third-order valence-electron chi connectivity index (χ3n) is 6.47. The molecule has 0 bridgehead atoms. The zero-order valence-electron chi connectivity index (χ0n) is 23.6. The van der Waals surface area contributed by atoms with Crippen LogP contribution in [0.2, 0.25) is 0 Å². The molecule has 0 fully saturated rings. The fourth-order valence-corrected chi connectivity index (χ4v) is 4.31. The summed E-state index contributed by atoms with van der Waals surface area (Å²) in [7, 11) is 0. The van der Waals surface area contributed by atoms with E-state index in [1.165, 1.54) is 17.9 Å². The second kappa shape index (κ2) is 14.7. The van der Waals surface area contributed by atoms with Crippen LogP contribution in [0.5, 0.6) is 11.5 Å². The summed E-state index contributed by atoms with van der Waals surface area (Å²) >= 11 is 0. The van der Waals surface area contributed by atoms with Gasteiger partial charge in [0.1, 0.15) is 5.75 Å². The third kappa shape index (κ3) is 8.95. The number of nitrogens with one attached hydrogen (secondary N) is 2. The predicted octanol–water partition coefficient (Wildman–Crippen LogP) is 5.80. The standard InChI is InChI=1S/C33H32F2N4O4/c1-22(40)38-26-12-9-23(10-13-26)21-39(30-7-2-3-8-31(30)43-27-6-4-5-24(17-27)19-36)33(42)16-15-32(41)37-20-25-11-14-28(34)29(35)18-25/h2-14,17-18H,15-16,19-21,36H2,1H3,(H,37,41)(H,38,40). The molecule has 4 rings (SSSR count). The van der Waals surface area contributed by atoms with Crippen LogP contribution in [0, 0.1) is 11.6 Å². The smallest absolute Gasteiger partial charge is 0.227 e. The van der Waals surface area contributed by atoms with Crippen molar-refractivity contribution in [2.45, 2.75) is 39.4 Å². The molecule has 0 aliphatic rings. The molecule has 4 aromatic rings. The van der Waals surface area contributed by atoms with Crippen molar-refractivity contribution in [2.24, 2.45) is 5.73 Å². The third-order valence-corrected chi connectivity index (χ3v) is 6.47. The lowest BCUT2D eigenvalue weighted by Gasteiger charge is -2.25. The van der Waals surface area contributed by atoms with Crippen molar-refractivity contribution < 1.29 is 27.9 Å². The first kappa shape index (κ1) is 30.9. The van der Waals surface area contributed by atoms with Gasteiger partial charge in [-0.15, -0.1) is 0 Å². The first-order valence-corrected chi connectivity index (χ1v) is 13.6. The van der Waals surface area contributed by atoms with Crippen LogP contribution in [-0.2, 0) is 34.0 Å². The van der Waals surface area contributed by atoms with Gasteiger partial charge in [-0.05, 0) is 65.2 Å². The molecule has 0 aliphatic carbocycles. The molecule has 0 unspecified atom stereocenters. The van der Waals surface area contributed by atoms with E-state index < -0.39 is 17.5 Å². The monoisotopic (exact) mass is 586 g/mol. The Morgan fingerprint density at radius 3 is 2.28 bits per heavy atom. The number of para-hydroxylation sites is 2. The largest absolute Gasteiger partial charge is 0.455 e. The molecule has 10 heteroatoms.